The van der Waals surface area contributed by atoms with E-state index >= 15 is 0 Å². The van der Waals surface area contributed by atoms with Crippen LogP contribution < -0.4 is 5.32 Å². The third-order valence-corrected chi connectivity index (χ3v) is 5.10. The van der Waals surface area contributed by atoms with Crippen LogP contribution in [0.25, 0.3) is 0 Å². The van der Waals surface area contributed by atoms with Crippen molar-refractivity contribution < 1.29 is 9.13 Å². The zero-order valence-electron chi connectivity index (χ0n) is 11.0. The second kappa shape index (κ2) is 5.71. The lowest BCUT2D eigenvalue weighted by molar-refractivity contribution is -0.0865. The van der Waals surface area contributed by atoms with Gasteiger partial charge in [-0.1, -0.05) is 0 Å². The van der Waals surface area contributed by atoms with Crippen molar-refractivity contribution in [2.75, 3.05) is 23.4 Å². The summed E-state index contributed by atoms with van der Waals surface area (Å²) < 4.78 is 19.0. The van der Waals surface area contributed by atoms with E-state index < -0.39 is 0 Å². The van der Waals surface area contributed by atoms with Gasteiger partial charge in [0.1, 0.15) is 5.82 Å². The first-order valence-corrected chi connectivity index (χ1v) is 8.15. The van der Waals surface area contributed by atoms with Gasteiger partial charge in [-0.3, -0.25) is 0 Å². The summed E-state index contributed by atoms with van der Waals surface area (Å²) in [7, 11) is 0. The number of ether oxygens (including phenoxy) is 1. The zero-order chi connectivity index (χ0) is 13.1. The second-order valence-electron chi connectivity index (χ2n) is 5.48. The standard InChI is InChI=1S/C15H20FNOS/c16-12-1-3-13(4-2-12)17-14-5-8-18-15(11-14)6-9-19-10-7-15/h1-4,14,17H,5-11H2. The van der Waals surface area contributed by atoms with Gasteiger partial charge in [0.2, 0.25) is 0 Å². The Kier molecular flexibility index (Phi) is 3.99. The van der Waals surface area contributed by atoms with Crippen molar-refractivity contribution in [1.82, 2.24) is 0 Å². The molecule has 2 heterocycles. The van der Waals surface area contributed by atoms with Crippen molar-refractivity contribution in [1.29, 1.82) is 0 Å². The molecule has 1 unspecified atom stereocenters. The Morgan fingerprint density at radius 3 is 2.68 bits per heavy atom. The normalized spacial score (nSPS) is 26.3. The van der Waals surface area contributed by atoms with Crippen LogP contribution in [0.15, 0.2) is 24.3 Å². The maximum atomic E-state index is 12.9. The summed E-state index contributed by atoms with van der Waals surface area (Å²) in [6.45, 7) is 0.837. The molecular formula is C15H20FNOS. The number of thioether (sulfide) groups is 1. The van der Waals surface area contributed by atoms with Crippen molar-refractivity contribution in [2.24, 2.45) is 0 Å². The molecule has 2 aliphatic rings. The number of anilines is 1. The minimum Gasteiger partial charge on any atom is -0.382 e. The molecule has 0 aromatic heterocycles. The van der Waals surface area contributed by atoms with E-state index in [-0.39, 0.29) is 11.4 Å². The second-order valence-corrected chi connectivity index (χ2v) is 6.71. The SMILES string of the molecule is Fc1ccc(NC2CCOC3(CCSCC3)C2)cc1. The van der Waals surface area contributed by atoms with Gasteiger partial charge in [-0.2, -0.15) is 11.8 Å². The average molecular weight is 281 g/mol. The Hall–Kier alpha value is -0.740. The fourth-order valence-electron chi connectivity index (χ4n) is 3.02. The van der Waals surface area contributed by atoms with Gasteiger partial charge in [0.25, 0.3) is 0 Å². The van der Waals surface area contributed by atoms with Crippen LogP contribution in [0.1, 0.15) is 25.7 Å². The van der Waals surface area contributed by atoms with Crippen LogP contribution in [-0.2, 0) is 4.74 Å². The van der Waals surface area contributed by atoms with Gasteiger partial charge in [0.15, 0.2) is 0 Å². The Morgan fingerprint density at radius 2 is 1.95 bits per heavy atom. The predicted octanol–water partition coefficient (Wildman–Crippen LogP) is 3.68. The van der Waals surface area contributed by atoms with Gasteiger partial charge in [-0.05, 0) is 61.5 Å². The van der Waals surface area contributed by atoms with Crippen LogP contribution in [-0.4, -0.2) is 29.8 Å². The van der Waals surface area contributed by atoms with E-state index in [2.05, 4.69) is 5.32 Å². The topological polar surface area (TPSA) is 21.3 Å². The summed E-state index contributed by atoms with van der Waals surface area (Å²) in [5.41, 5.74) is 1.11. The number of rotatable bonds is 2. The Morgan fingerprint density at radius 1 is 1.21 bits per heavy atom. The summed E-state index contributed by atoms with van der Waals surface area (Å²) in [5.74, 6) is 2.24. The molecule has 19 heavy (non-hydrogen) atoms. The first-order chi connectivity index (χ1) is 9.26. The minimum atomic E-state index is -0.182. The van der Waals surface area contributed by atoms with E-state index in [1.54, 1.807) is 0 Å². The summed E-state index contributed by atoms with van der Waals surface area (Å²) in [4.78, 5) is 0. The highest BCUT2D eigenvalue weighted by Gasteiger charge is 2.38. The molecule has 104 valence electrons. The number of hydrogen-bond donors (Lipinski definition) is 1. The van der Waals surface area contributed by atoms with Crippen molar-refractivity contribution in [3.63, 3.8) is 0 Å². The molecule has 0 radical (unpaired) electrons. The van der Waals surface area contributed by atoms with Crippen LogP contribution in [0.5, 0.6) is 0 Å². The first-order valence-electron chi connectivity index (χ1n) is 7.00. The van der Waals surface area contributed by atoms with Gasteiger partial charge in [-0.15, -0.1) is 0 Å². The molecule has 3 rings (SSSR count). The molecular weight excluding hydrogens is 261 g/mol. The molecule has 1 aromatic carbocycles. The summed E-state index contributed by atoms with van der Waals surface area (Å²) in [5, 5.41) is 3.53. The van der Waals surface area contributed by atoms with Crippen LogP contribution in [0, 0.1) is 5.82 Å². The lowest BCUT2D eigenvalue weighted by Gasteiger charge is -2.43. The largest absolute Gasteiger partial charge is 0.382 e. The molecule has 0 bridgehead atoms. The Bertz CT molecular complexity index is 411. The quantitative estimate of drug-likeness (QED) is 0.893. The Balaban J connectivity index is 1.63. The van der Waals surface area contributed by atoms with Crippen LogP contribution in [0.2, 0.25) is 0 Å². The predicted molar refractivity (Wildman–Crippen MR) is 78.3 cm³/mol. The lowest BCUT2D eigenvalue weighted by atomic mass is 9.85. The fourth-order valence-corrected chi connectivity index (χ4v) is 4.26. The van der Waals surface area contributed by atoms with Crippen molar-refractivity contribution >= 4 is 17.4 Å². The van der Waals surface area contributed by atoms with Crippen molar-refractivity contribution in [3.8, 4) is 0 Å². The maximum absolute atomic E-state index is 12.9. The van der Waals surface area contributed by atoms with E-state index in [9.17, 15) is 4.39 Å². The highest BCUT2D eigenvalue weighted by atomic mass is 32.2. The van der Waals surface area contributed by atoms with Gasteiger partial charge < -0.3 is 10.1 Å². The van der Waals surface area contributed by atoms with E-state index in [4.69, 9.17) is 4.74 Å². The molecule has 2 nitrogen and oxygen atoms in total. The smallest absolute Gasteiger partial charge is 0.123 e. The molecule has 0 saturated carbocycles. The molecule has 1 aromatic rings. The number of hydrogen-bond acceptors (Lipinski definition) is 3. The van der Waals surface area contributed by atoms with E-state index in [0.717, 1.165) is 25.1 Å². The molecule has 0 aliphatic carbocycles. The average Bonchev–Trinajstić information content (AvgIpc) is 2.42. The van der Waals surface area contributed by atoms with Gasteiger partial charge in [0, 0.05) is 18.3 Å². The molecule has 1 N–H and O–H groups in total. The zero-order valence-corrected chi connectivity index (χ0v) is 11.8. The van der Waals surface area contributed by atoms with Crippen molar-refractivity contribution in [2.45, 2.75) is 37.3 Å². The van der Waals surface area contributed by atoms with Gasteiger partial charge >= 0.3 is 0 Å². The number of benzene rings is 1. The summed E-state index contributed by atoms with van der Waals surface area (Å²) >= 11 is 2.03. The van der Waals surface area contributed by atoms with Gasteiger partial charge in [-0.25, -0.2) is 4.39 Å². The van der Waals surface area contributed by atoms with Gasteiger partial charge in [0.05, 0.1) is 5.60 Å². The van der Waals surface area contributed by atoms with Crippen LogP contribution in [0.3, 0.4) is 0 Å². The molecule has 1 spiro atoms. The van der Waals surface area contributed by atoms with E-state index in [1.165, 1.54) is 36.5 Å². The number of halogens is 1. The molecule has 4 heteroatoms. The van der Waals surface area contributed by atoms with Crippen molar-refractivity contribution in [3.05, 3.63) is 30.1 Å². The summed E-state index contributed by atoms with van der Waals surface area (Å²) in [6, 6.07) is 7.09. The monoisotopic (exact) mass is 281 g/mol. The molecule has 1 atom stereocenters. The third kappa shape index (κ3) is 3.23. The maximum Gasteiger partial charge on any atom is 0.123 e. The highest BCUT2D eigenvalue weighted by Crippen LogP contribution is 2.38. The molecule has 2 aliphatic heterocycles. The first kappa shape index (κ1) is 13.3. The molecule has 2 fully saturated rings. The van der Waals surface area contributed by atoms with Crippen LogP contribution >= 0.6 is 11.8 Å². The highest BCUT2D eigenvalue weighted by molar-refractivity contribution is 7.99. The molecule has 0 amide bonds. The fraction of sp³-hybridized carbons (Fsp3) is 0.600. The Labute approximate surface area is 118 Å². The molecule has 2 saturated heterocycles. The summed E-state index contributed by atoms with van der Waals surface area (Å²) in [6.07, 6.45) is 4.44. The third-order valence-electron chi connectivity index (χ3n) is 4.11. The van der Waals surface area contributed by atoms with Crippen LogP contribution in [0.4, 0.5) is 10.1 Å². The minimum absolute atomic E-state index is 0.0984. The van der Waals surface area contributed by atoms with E-state index in [1.807, 2.05) is 23.9 Å². The van der Waals surface area contributed by atoms with E-state index in [0.29, 0.717) is 6.04 Å². The lowest BCUT2D eigenvalue weighted by Crippen LogP contribution is -2.46. The number of nitrogens with one attached hydrogen (secondary N) is 1.